The number of nitriles is 1. The summed E-state index contributed by atoms with van der Waals surface area (Å²) in [6.45, 7) is 13.2. The second kappa shape index (κ2) is 14.9. The van der Waals surface area contributed by atoms with Crippen molar-refractivity contribution in [2.75, 3.05) is 14.2 Å². The Hall–Kier alpha value is -4.11. The van der Waals surface area contributed by atoms with Gasteiger partial charge in [-0.2, -0.15) is 5.26 Å². The summed E-state index contributed by atoms with van der Waals surface area (Å²) in [6, 6.07) is 13.5. The molecule has 0 aliphatic carbocycles. The van der Waals surface area contributed by atoms with Crippen molar-refractivity contribution in [2.45, 2.75) is 27.2 Å². The van der Waals surface area contributed by atoms with Gasteiger partial charge in [-0.05, 0) is 55.3 Å². The Kier molecular flexibility index (Phi) is 12.3. The molecule has 0 unspecified atom stereocenters. The summed E-state index contributed by atoms with van der Waals surface area (Å²) in [5.41, 5.74) is 4.16. The third kappa shape index (κ3) is 8.98. The molecule has 0 aliphatic heterocycles. The van der Waals surface area contributed by atoms with Gasteiger partial charge in [0.2, 0.25) is 0 Å². The fourth-order valence-corrected chi connectivity index (χ4v) is 2.94. The minimum atomic E-state index is -0.894. The molecule has 0 N–H and O–H groups in total. The molecule has 0 amide bonds. The summed E-state index contributed by atoms with van der Waals surface area (Å²) in [7, 11) is 3.27. The SMILES string of the molecule is C=C(/C=C(/CC)OC)c1cccc(C#N)c1.C=C(C=NC)/C(=C\C)N=C(C)c1cccc(F)c1F. The molecule has 0 aromatic heterocycles. The first-order valence-electron chi connectivity index (χ1n) is 10.9. The second-order valence-electron chi connectivity index (χ2n) is 7.27. The van der Waals surface area contributed by atoms with E-state index in [4.69, 9.17) is 10.00 Å². The van der Waals surface area contributed by atoms with Crippen LogP contribution in [0.15, 0.2) is 94.8 Å². The number of ether oxygens (including phenoxy) is 1. The maximum atomic E-state index is 13.6. The van der Waals surface area contributed by atoms with Crippen LogP contribution in [0, 0.1) is 23.0 Å². The van der Waals surface area contributed by atoms with Crippen LogP contribution in [0.25, 0.3) is 5.57 Å². The maximum Gasteiger partial charge on any atom is 0.167 e. The molecule has 0 radical (unpaired) electrons. The number of hydrogen-bond acceptors (Lipinski definition) is 4. The first-order valence-corrected chi connectivity index (χ1v) is 10.9. The van der Waals surface area contributed by atoms with Gasteiger partial charge in [0.05, 0.1) is 30.2 Å². The van der Waals surface area contributed by atoms with E-state index < -0.39 is 11.6 Å². The monoisotopic (exact) mass is 475 g/mol. The first kappa shape index (κ1) is 28.9. The van der Waals surface area contributed by atoms with E-state index in [-0.39, 0.29) is 5.56 Å². The average molecular weight is 476 g/mol. The number of nitrogens with zero attached hydrogens (tertiary/aromatic N) is 3. The highest BCUT2D eigenvalue weighted by Gasteiger charge is 2.10. The van der Waals surface area contributed by atoms with Crippen LogP contribution in [0.2, 0.25) is 0 Å². The summed E-state index contributed by atoms with van der Waals surface area (Å²) < 4.78 is 32.0. The van der Waals surface area contributed by atoms with Gasteiger partial charge in [-0.3, -0.25) is 9.98 Å². The molecular weight excluding hydrogens is 444 g/mol. The van der Waals surface area contributed by atoms with Crippen molar-refractivity contribution in [1.29, 1.82) is 5.26 Å². The average Bonchev–Trinajstić information content (AvgIpc) is 2.87. The lowest BCUT2D eigenvalue weighted by Gasteiger charge is -2.06. The van der Waals surface area contributed by atoms with Gasteiger partial charge in [-0.15, -0.1) is 0 Å². The lowest BCUT2D eigenvalue weighted by molar-refractivity contribution is 0.281. The zero-order valence-corrected chi connectivity index (χ0v) is 20.9. The van der Waals surface area contributed by atoms with Crippen LogP contribution in [-0.2, 0) is 4.74 Å². The molecule has 0 heterocycles. The van der Waals surface area contributed by atoms with Gasteiger partial charge in [-0.1, -0.05) is 44.4 Å². The largest absolute Gasteiger partial charge is 0.501 e. The predicted octanol–water partition coefficient (Wildman–Crippen LogP) is 7.45. The molecule has 35 heavy (non-hydrogen) atoms. The highest BCUT2D eigenvalue weighted by Crippen LogP contribution is 2.18. The summed E-state index contributed by atoms with van der Waals surface area (Å²) in [6.07, 6.45) is 6.03. The number of rotatable bonds is 8. The number of halogens is 2. The zero-order valence-electron chi connectivity index (χ0n) is 20.9. The van der Waals surface area contributed by atoms with Crippen molar-refractivity contribution in [3.8, 4) is 6.07 Å². The number of allylic oxidation sites excluding steroid dienone is 5. The Morgan fingerprint density at radius 2 is 1.86 bits per heavy atom. The van der Waals surface area contributed by atoms with Gasteiger partial charge in [0.1, 0.15) is 0 Å². The summed E-state index contributed by atoms with van der Waals surface area (Å²) in [5.74, 6) is -0.899. The van der Waals surface area contributed by atoms with E-state index in [2.05, 4.69) is 29.2 Å². The fraction of sp³-hybridized carbons (Fsp3) is 0.207. The second-order valence-corrected chi connectivity index (χ2v) is 7.27. The van der Waals surface area contributed by atoms with Crippen LogP contribution in [-0.4, -0.2) is 26.1 Å². The van der Waals surface area contributed by atoms with Crippen LogP contribution in [0.5, 0.6) is 0 Å². The minimum absolute atomic E-state index is 0.139. The van der Waals surface area contributed by atoms with Crippen LogP contribution < -0.4 is 0 Å². The first-order chi connectivity index (χ1) is 16.7. The highest BCUT2D eigenvalue weighted by molar-refractivity contribution is 6.00. The van der Waals surface area contributed by atoms with Crippen molar-refractivity contribution in [2.24, 2.45) is 9.98 Å². The van der Waals surface area contributed by atoms with E-state index in [0.717, 1.165) is 29.4 Å². The number of methoxy groups -OCH3 is 1. The van der Waals surface area contributed by atoms with E-state index in [9.17, 15) is 8.78 Å². The molecule has 0 saturated carbocycles. The van der Waals surface area contributed by atoms with Crippen LogP contribution in [0.3, 0.4) is 0 Å². The van der Waals surface area contributed by atoms with E-state index in [0.29, 0.717) is 22.5 Å². The Morgan fingerprint density at radius 1 is 1.17 bits per heavy atom. The van der Waals surface area contributed by atoms with Crippen molar-refractivity contribution in [1.82, 2.24) is 0 Å². The predicted molar refractivity (Wildman–Crippen MR) is 141 cm³/mol. The molecule has 6 heteroatoms. The third-order valence-corrected chi connectivity index (χ3v) is 4.83. The number of hydrogen-bond donors (Lipinski definition) is 0. The van der Waals surface area contributed by atoms with Crippen molar-refractivity contribution < 1.29 is 13.5 Å². The molecule has 182 valence electrons. The van der Waals surface area contributed by atoms with E-state index in [1.807, 2.05) is 31.2 Å². The van der Waals surface area contributed by atoms with Crippen molar-refractivity contribution in [3.05, 3.63) is 113 Å². The Bertz CT molecular complexity index is 1210. The van der Waals surface area contributed by atoms with E-state index in [1.165, 1.54) is 12.1 Å². The van der Waals surface area contributed by atoms with Gasteiger partial charge >= 0.3 is 0 Å². The molecule has 0 bridgehead atoms. The normalized spacial score (nSPS) is 12.0. The lowest BCUT2D eigenvalue weighted by atomic mass is 10.0. The molecule has 2 aromatic carbocycles. The zero-order chi connectivity index (χ0) is 26.4. The molecule has 0 saturated heterocycles. The number of aliphatic imine (C=N–C) groups is 2. The van der Waals surface area contributed by atoms with Gasteiger partial charge < -0.3 is 4.74 Å². The Morgan fingerprint density at radius 3 is 2.43 bits per heavy atom. The summed E-state index contributed by atoms with van der Waals surface area (Å²) in [5, 5.41) is 8.80. The lowest BCUT2D eigenvalue weighted by Crippen LogP contribution is -2.02. The van der Waals surface area contributed by atoms with Gasteiger partial charge in [0.15, 0.2) is 11.6 Å². The topological polar surface area (TPSA) is 57.7 Å². The maximum absolute atomic E-state index is 13.6. The van der Waals surface area contributed by atoms with Gasteiger partial charge in [0.25, 0.3) is 0 Å². The molecule has 2 aromatic rings. The molecule has 0 atom stereocenters. The molecule has 0 spiro atoms. The smallest absolute Gasteiger partial charge is 0.167 e. The molecule has 4 nitrogen and oxygen atoms in total. The van der Waals surface area contributed by atoms with Crippen LogP contribution >= 0.6 is 0 Å². The number of benzene rings is 2. The van der Waals surface area contributed by atoms with E-state index in [1.54, 1.807) is 46.4 Å². The van der Waals surface area contributed by atoms with Crippen LogP contribution in [0.1, 0.15) is 43.9 Å². The van der Waals surface area contributed by atoms with Gasteiger partial charge in [-0.25, -0.2) is 8.78 Å². The third-order valence-electron chi connectivity index (χ3n) is 4.83. The summed E-state index contributed by atoms with van der Waals surface area (Å²) in [4.78, 5) is 8.11. The van der Waals surface area contributed by atoms with Crippen molar-refractivity contribution >= 4 is 17.5 Å². The fourth-order valence-electron chi connectivity index (χ4n) is 2.94. The minimum Gasteiger partial charge on any atom is -0.501 e. The highest BCUT2D eigenvalue weighted by atomic mass is 19.2. The Labute approximate surface area is 207 Å². The quantitative estimate of drug-likeness (QED) is 0.226. The molecule has 2 rings (SSSR count). The molecular formula is C29H31F2N3O. The Balaban J connectivity index is 0.000000355. The molecule has 0 fully saturated rings. The van der Waals surface area contributed by atoms with Crippen molar-refractivity contribution in [3.63, 3.8) is 0 Å². The van der Waals surface area contributed by atoms with Gasteiger partial charge in [0, 0.05) is 36.5 Å². The summed E-state index contributed by atoms with van der Waals surface area (Å²) >= 11 is 0. The van der Waals surface area contributed by atoms with Crippen LogP contribution in [0.4, 0.5) is 8.78 Å². The van der Waals surface area contributed by atoms with E-state index >= 15 is 0 Å². The molecule has 0 aliphatic rings. The standard InChI is InChI=1S/C15H16F2N2.C14H15NO/c1-5-14(10(2)9-18-4)19-11(3)12-7-6-8-13(16)15(12)17;1-4-14(16-3)8-11(2)13-7-5-6-12(9-13)10-15/h5-9H,2H2,1,3-4H3;5-9H,2,4H2,1,3H3/b14-5+,18-9?,19-11?;14-8-.